The van der Waals surface area contributed by atoms with Gasteiger partial charge in [0.25, 0.3) is 0 Å². The first-order valence-electron chi connectivity index (χ1n) is 10.3. The van der Waals surface area contributed by atoms with Crippen LogP contribution >= 0.6 is 0 Å². The van der Waals surface area contributed by atoms with E-state index >= 15 is 0 Å². The minimum atomic E-state index is -1.82. The fourth-order valence-corrected chi connectivity index (χ4v) is 4.32. The minimum absolute atomic E-state index is 0.126. The largest absolute Gasteiger partial charge is 0.508 e. The van der Waals surface area contributed by atoms with Gasteiger partial charge in [0.1, 0.15) is 41.7 Å². The lowest BCUT2D eigenvalue weighted by atomic mass is 9.80. The standard InChI is InChI=1S/C23H22O11/c1-7-3-10-16(19(29)14(7)8(2)25)20(30)15-11(17(10)27)4-9(26)5-12(15)33-23-22(32)21(31)18(28)13(6-24)34-23/h3-5,13,18,21-24,26,28-29,31-32H,6H2,1-2H3. The maximum absolute atomic E-state index is 13.4. The summed E-state index contributed by atoms with van der Waals surface area (Å²) in [6.45, 7) is 1.97. The van der Waals surface area contributed by atoms with E-state index in [2.05, 4.69) is 0 Å². The van der Waals surface area contributed by atoms with Crippen molar-refractivity contribution in [3.63, 3.8) is 0 Å². The number of fused-ring (bicyclic) bond motifs is 2. The summed E-state index contributed by atoms with van der Waals surface area (Å²) in [4.78, 5) is 38.6. The minimum Gasteiger partial charge on any atom is -0.508 e. The Balaban J connectivity index is 1.84. The first kappa shape index (κ1) is 23.8. The van der Waals surface area contributed by atoms with Crippen LogP contribution < -0.4 is 4.74 Å². The van der Waals surface area contributed by atoms with Crippen LogP contribution in [0.3, 0.4) is 0 Å². The monoisotopic (exact) mass is 474 g/mol. The summed E-state index contributed by atoms with van der Waals surface area (Å²) in [6, 6.07) is 3.30. The summed E-state index contributed by atoms with van der Waals surface area (Å²) in [7, 11) is 0. The topological polar surface area (TPSA) is 191 Å². The van der Waals surface area contributed by atoms with Crippen LogP contribution in [0.2, 0.25) is 0 Å². The molecule has 2 aromatic rings. The van der Waals surface area contributed by atoms with Crippen LogP contribution in [0.1, 0.15) is 54.7 Å². The Morgan fingerprint density at radius 2 is 1.62 bits per heavy atom. The van der Waals surface area contributed by atoms with Gasteiger partial charge in [-0.25, -0.2) is 0 Å². The summed E-state index contributed by atoms with van der Waals surface area (Å²) in [5, 5.41) is 60.4. The zero-order valence-corrected chi connectivity index (χ0v) is 18.1. The van der Waals surface area contributed by atoms with Crippen molar-refractivity contribution in [2.45, 2.75) is 44.6 Å². The molecule has 6 N–H and O–H groups in total. The predicted octanol–water partition coefficient (Wildman–Crippen LogP) is -0.437. The van der Waals surface area contributed by atoms with Gasteiger partial charge in [0, 0.05) is 17.2 Å². The molecule has 5 unspecified atom stereocenters. The van der Waals surface area contributed by atoms with Gasteiger partial charge in [-0.1, -0.05) is 0 Å². The van der Waals surface area contributed by atoms with Gasteiger partial charge in [0.2, 0.25) is 12.1 Å². The fraction of sp³-hybridized carbons (Fsp3) is 0.348. The van der Waals surface area contributed by atoms with Crippen LogP contribution in [0, 0.1) is 6.92 Å². The Labute approximate surface area is 192 Å². The van der Waals surface area contributed by atoms with Crippen molar-refractivity contribution in [2.24, 2.45) is 0 Å². The normalized spacial score (nSPS) is 26.1. The highest BCUT2D eigenvalue weighted by Gasteiger charge is 2.46. The van der Waals surface area contributed by atoms with Gasteiger partial charge in [-0.2, -0.15) is 0 Å². The number of Topliss-reactive ketones (excluding diaryl/α,β-unsaturated/α-hetero) is 1. The number of benzene rings is 2. The van der Waals surface area contributed by atoms with Crippen molar-refractivity contribution < 1.29 is 54.5 Å². The highest BCUT2D eigenvalue weighted by atomic mass is 16.7. The average Bonchev–Trinajstić information content (AvgIpc) is 2.76. The third kappa shape index (κ3) is 3.54. The van der Waals surface area contributed by atoms with Crippen molar-refractivity contribution in [1.29, 1.82) is 0 Å². The maximum atomic E-state index is 13.4. The van der Waals surface area contributed by atoms with Gasteiger partial charge in [0.15, 0.2) is 11.6 Å². The van der Waals surface area contributed by atoms with Crippen LogP contribution in [-0.4, -0.2) is 85.3 Å². The maximum Gasteiger partial charge on any atom is 0.229 e. The van der Waals surface area contributed by atoms with E-state index in [1.54, 1.807) is 0 Å². The molecule has 1 heterocycles. The number of rotatable bonds is 4. The second-order valence-corrected chi connectivity index (χ2v) is 8.24. The molecule has 34 heavy (non-hydrogen) atoms. The number of aryl methyl sites for hydroxylation is 1. The predicted molar refractivity (Wildman–Crippen MR) is 112 cm³/mol. The van der Waals surface area contributed by atoms with Crippen LogP contribution in [-0.2, 0) is 4.74 Å². The first-order valence-corrected chi connectivity index (χ1v) is 10.3. The molecule has 1 saturated heterocycles. The molecule has 11 nitrogen and oxygen atoms in total. The van der Waals surface area contributed by atoms with Gasteiger partial charge in [-0.15, -0.1) is 0 Å². The van der Waals surface area contributed by atoms with E-state index in [0.717, 1.165) is 12.1 Å². The summed E-state index contributed by atoms with van der Waals surface area (Å²) >= 11 is 0. The molecule has 1 aliphatic carbocycles. The number of phenols is 2. The number of aliphatic hydroxyl groups is 4. The lowest BCUT2D eigenvalue weighted by molar-refractivity contribution is -0.277. The molecule has 5 atom stereocenters. The molecule has 2 aliphatic rings. The SMILES string of the molecule is CC(=O)c1c(C)cc2c(c1O)C(=O)c1c(OC3OC(CO)C(O)C(O)C3O)cc(O)cc1C2=O. The summed E-state index contributed by atoms with van der Waals surface area (Å²) in [5.41, 5.74) is -1.06. The van der Waals surface area contributed by atoms with Crippen molar-refractivity contribution in [1.82, 2.24) is 0 Å². The number of carbonyl (C=O) groups is 3. The Morgan fingerprint density at radius 1 is 0.971 bits per heavy atom. The Bertz CT molecular complexity index is 1220. The Morgan fingerprint density at radius 3 is 2.24 bits per heavy atom. The fourth-order valence-electron chi connectivity index (χ4n) is 4.32. The molecule has 0 aromatic heterocycles. The number of hydrogen-bond donors (Lipinski definition) is 6. The van der Waals surface area contributed by atoms with E-state index in [1.165, 1.54) is 19.9 Å². The Kier molecular flexibility index (Phi) is 5.92. The van der Waals surface area contributed by atoms with Crippen LogP contribution in [0.5, 0.6) is 17.2 Å². The lowest BCUT2D eigenvalue weighted by Gasteiger charge is -2.39. The van der Waals surface area contributed by atoms with Crippen LogP contribution in [0.4, 0.5) is 0 Å². The number of carbonyl (C=O) groups excluding carboxylic acids is 3. The average molecular weight is 474 g/mol. The van der Waals surface area contributed by atoms with Crippen LogP contribution in [0.15, 0.2) is 18.2 Å². The highest BCUT2D eigenvalue weighted by Crippen LogP contribution is 2.42. The third-order valence-corrected chi connectivity index (χ3v) is 5.97. The number of aromatic hydroxyl groups is 2. The highest BCUT2D eigenvalue weighted by molar-refractivity contribution is 6.31. The van der Waals surface area contributed by atoms with E-state index in [0.29, 0.717) is 0 Å². The van der Waals surface area contributed by atoms with E-state index in [1.807, 2.05) is 0 Å². The molecule has 180 valence electrons. The molecular weight excluding hydrogens is 452 g/mol. The number of ether oxygens (including phenoxy) is 2. The zero-order chi connectivity index (χ0) is 25.1. The number of phenolic OH excluding ortho intramolecular Hbond substituents is 2. The van der Waals surface area contributed by atoms with Crippen molar-refractivity contribution in [3.8, 4) is 17.2 Å². The second-order valence-electron chi connectivity index (χ2n) is 8.24. The Hall–Kier alpha value is -3.35. The molecule has 2 aromatic carbocycles. The molecule has 0 saturated carbocycles. The molecule has 4 rings (SSSR count). The van der Waals surface area contributed by atoms with Crippen molar-refractivity contribution in [2.75, 3.05) is 6.61 Å². The van der Waals surface area contributed by atoms with Gasteiger partial charge >= 0.3 is 0 Å². The zero-order valence-electron chi connectivity index (χ0n) is 18.1. The van der Waals surface area contributed by atoms with Gasteiger partial charge in [-0.05, 0) is 31.5 Å². The van der Waals surface area contributed by atoms with Gasteiger partial charge < -0.3 is 40.1 Å². The smallest absolute Gasteiger partial charge is 0.229 e. The van der Waals surface area contributed by atoms with Gasteiger partial charge in [-0.3, -0.25) is 14.4 Å². The molecule has 0 bridgehead atoms. The third-order valence-electron chi connectivity index (χ3n) is 5.97. The molecule has 1 fully saturated rings. The summed E-state index contributed by atoms with van der Waals surface area (Å²) in [5.74, 6) is -3.69. The molecular formula is C23H22O11. The second kappa shape index (κ2) is 8.46. The van der Waals surface area contributed by atoms with Gasteiger partial charge in [0.05, 0.1) is 23.3 Å². The molecule has 0 radical (unpaired) electrons. The number of hydrogen-bond acceptors (Lipinski definition) is 11. The first-order chi connectivity index (χ1) is 16.0. The van der Waals surface area contributed by atoms with Crippen LogP contribution in [0.25, 0.3) is 0 Å². The van der Waals surface area contributed by atoms with E-state index in [4.69, 9.17) is 9.47 Å². The quantitative estimate of drug-likeness (QED) is 0.269. The van der Waals surface area contributed by atoms with E-state index in [9.17, 15) is 45.0 Å². The van der Waals surface area contributed by atoms with Crippen molar-refractivity contribution >= 4 is 17.3 Å². The number of ketones is 3. The molecule has 0 amide bonds. The summed E-state index contributed by atoms with van der Waals surface area (Å²) < 4.78 is 10.8. The van der Waals surface area contributed by atoms with Crippen molar-refractivity contribution in [3.05, 3.63) is 51.6 Å². The molecule has 0 spiro atoms. The molecule has 11 heteroatoms. The molecule has 1 aliphatic heterocycles. The van der Waals surface area contributed by atoms with E-state index in [-0.39, 0.29) is 27.8 Å². The number of aliphatic hydroxyl groups excluding tert-OH is 4. The van der Waals surface area contributed by atoms with E-state index < -0.39 is 77.5 Å². The lowest BCUT2D eigenvalue weighted by Crippen LogP contribution is -2.60. The summed E-state index contributed by atoms with van der Waals surface area (Å²) in [6.07, 6.45) is -8.26.